The third kappa shape index (κ3) is 1.71. The van der Waals surface area contributed by atoms with Crippen LogP contribution >= 0.6 is 0 Å². The first-order valence-corrected chi connectivity index (χ1v) is 4.79. The number of benzene rings is 1. The van der Waals surface area contributed by atoms with Gasteiger partial charge in [0.1, 0.15) is 5.75 Å². The molecule has 2 rings (SSSR count). The first kappa shape index (κ1) is 11.1. The molecule has 0 fully saturated rings. The third-order valence-electron chi connectivity index (χ3n) is 2.40. The molecule has 1 aromatic carbocycles. The Labute approximate surface area is 96.6 Å². The van der Waals surface area contributed by atoms with E-state index in [0.29, 0.717) is 5.56 Å². The number of esters is 3. The van der Waals surface area contributed by atoms with Crippen molar-refractivity contribution < 1.29 is 23.9 Å². The molecule has 0 radical (unpaired) electrons. The molecule has 1 aromatic rings. The standard InChI is InChI=1S/C12H8O5/c1-3-9(13)16-8-5-4-7-10(6(8)2)12(15)17-11(7)14/h3-5H,1H2,2H3. The maximum atomic E-state index is 11.4. The third-order valence-corrected chi connectivity index (χ3v) is 2.40. The summed E-state index contributed by atoms with van der Waals surface area (Å²) in [5.41, 5.74) is 0.726. The average Bonchev–Trinajstić information content (AvgIpc) is 2.58. The molecule has 0 saturated heterocycles. The Bertz CT molecular complexity index is 556. The second kappa shape index (κ2) is 3.86. The summed E-state index contributed by atoms with van der Waals surface area (Å²) in [5, 5.41) is 0. The minimum Gasteiger partial charge on any atom is -0.423 e. The SMILES string of the molecule is C=CC(=O)Oc1ccc2c(c1C)C(=O)OC2=O. The van der Waals surface area contributed by atoms with Crippen LogP contribution < -0.4 is 4.74 Å². The fourth-order valence-corrected chi connectivity index (χ4v) is 1.58. The van der Waals surface area contributed by atoms with Crippen molar-refractivity contribution in [2.75, 3.05) is 0 Å². The van der Waals surface area contributed by atoms with E-state index in [1.807, 2.05) is 0 Å². The Morgan fingerprint density at radius 2 is 2.06 bits per heavy atom. The quantitative estimate of drug-likeness (QED) is 0.333. The predicted molar refractivity (Wildman–Crippen MR) is 56.8 cm³/mol. The molecule has 17 heavy (non-hydrogen) atoms. The molecule has 0 amide bonds. The summed E-state index contributed by atoms with van der Waals surface area (Å²) in [6.07, 6.45) is 1.01. The maximum Gasteiger partial charge on any atom is 0.347 e. The van der Waals surface area contributed by atoms with Gasteiger partial charge in [-0.2, -0.15) is 0 Å². The van der Waals surface area contributed by atoms with Crippen molar-refractivity contribution in [1.29, 1.82) is 0 Å². The van der Waals surface area contributed by atoms with Gasteiger partial charge in [0, 0.05) is 11.6 Å². The van der Waals surface area contributed by atoms with Gasteiger partial charge in [0.2, 0.25) is 0 Å². The topological polar surface area (TPSA) is 69.7 Å². The van der Waals surface area contributed by atoms with Gasteiger partial charge in [-0.05, 0) is 19.1 Å². The normalized spacial score (nSPS) is 13.0. The van der Waals surface area contributed by atoms with Crippen LogP contribution in [0.5, 0.6) is 5.75 Å². The Hall–Kier alpha value is -2.43. The molecule has 0 atom stereocenters. The molecule has 1 aliphatic rings. The Morgan fingerprint density at radius 3 is 2.71 bits per heavy atom. The zero-order valence-electron chi connectivity index (χ0n) is 8.98. The monoisotopic (exact) mass is 232 g/mol. The smallest absolute Gasteiger partial charge is 0.347 e. The largest absolute Gasteiger partial charge is 0.423 e. The summed E-state index contributed by atoms with van der Waals surface area (Å²) in [5.74, 6) is -1.83. The first-order valence-electron chi connectivity index (χ1n) is 4.79. The first-order chi connectivity index (χ1) is 8.04. The van der Waals surface area contributed by atoms with E-state index in [1.54, 1.807) is 6.92 Å². The van der Waals surface area contributed by atoms with Gasteiger partial charge in [-0.1, -0.05) is 6.58 Å². The van der Waals surface area contributed by atoms with Crippen LogP contribution in [0.3, 0.4) is 0 Å². The van der Waals surface area contributed by atoms with Crippen molar-refractivity contribution in [2.24, 2.45) is 0 Å². The molecule has 5 nitrogen and oxygen atoms in total. The summed E-state index contributed by atoms with van der Waals surface area (Å²) in [6.45, 7) is 4.84. The number of hydrogen-bond acceptors (Lipinski definition) is 5. The molecule has 0 bridgehead atoms. The van der Waals surface area contributed by atoms with Gasteiger partial charge in [-0.3, -0.25) is 0 Å². The summed E-state index contributed by atoms with van der Waals surface area (Å²) in [4.78, 5) is 33.7. The lowest BCUT2D eigenvalue weighted by Crippen LogP contribution is -2.06. The van der Waals surface area contributed by atoms with Crippen molar-refractivity contribution in [1.82, 2.24) is 0 Å². The number of rotatable bonds is 2. The van der Waals surface area contributed by atoms with Crippen LogP contribution in [0.1, 0.15) is 26.3 Å². The van der Waals surface area contributed by atoms with Crippen LogP contribution in [-0.2, 0) is 9.53 Å². The lowest BCUT2D eigenvalue weighted by molar-refractivity contribution is -0.129. The van der Waals surface area contributed by atoms with Crippen LogP contribution in [0, 0.1) is 6.92 Å². The molecular weight excluding hydrogens is 224 g/mol. The molecule has 5 heteroatoms. The van der Waals surface area contributed by atoms with Gasteiger partial charge in [0.25, 0.3) is 0 Å². The van der Waals surface area contributed by atoms with E-state index in [-0.39, 0.29) is 16.9 Å². The van der Waals surface area contributed by atoms with Gasteiger partial charge in [-0.25, -0.2) is 14.4 Å². The number of hydrogen-bond donors (Lipinski definition) is 0. The van der Waals surface area contributed by atoms with Gasteiger partial charge in [-0.15, -0.1) is 0 Å². The summed E-state index contributed by atoms with van der Waals surface area (Å²) in [7, 11) is 0. The molecule has 0 aromatic heterocycles. The summed E-state index contributed by atoms with van der Waals surface area (Å²) in [6, 6.07) is 2.83. The number of cyclic esters (lactones) is 2. The van der Waals surface area contributed by atoms with Gasteiger partial charge in [0.05, 0.1) is 11.1 Å². The summed E-state index contributed by atoms with van der Waals surface area (Å²) < 4.78 is 9.39. The maximum absolute atomic E-state index is 11.4. The lowest BCUT2D eigenvalue weighted by atomic mass is 10.0. The van der Waals surface area contributed by atoms with Crippen molar-refractivity contribution in [3.8, 4) is 5.75 Å². The minimum absolute atomic E-state index is 0.143. The van der Waals surface area contributed by atoms with E-state index in [4.69, 9.17) is 4.74 Å². The second-order valence-electron chi connectivity index (χ2n) is 3.41. The zero-order valence-corrected chi connectivity index (χ0v) is 8.98. The highest BCUT2D eigenvalue weighted by molar-refractivity contribution is 6.15. The van der Waals surface area contributed by atoms with Crippen molar-refractivity contribution >= 4 is 17.9 Å². The lowest BCUT2D eigenvalue weighted by Gasteiger charge is -2.06. The van der Waals surface area contributed by atoms with Crippen LogP contribution in [0.15, 0.2) is 24.8 Å². The van der Waals surface area contributed by atoms with Gasteiger partial charge >= 0.3 is 17.9 Å². The van der Waals surface area contributed by atoms with Crippen LogP contribution in [-0.4, -0.2) is 17.9 Å². The zero-order chi connectivity index (χ0) is 12.6. The predicted octanol–water partition coefficient (Wildman–Crippen LogP) is 1.40. The molecule has 1 heterocycles. The highest BCUT2D eigenvalue weighted by atomic mass is 16.6. The molecule has 0 N–H and O–H groups in total. The fraction of sp³-hybridized carbons (Fsp3) is 0.0833. The number of carbonyl (C=O) groups is 3. The second-order valence-corrected chi connectivity index (χ2v) is 3.41. The van der Waals surface area contributed by atoms with E-state index < -0.39 is 17.9 Å². The Morgan fingerprint density at radius 1 is 1.35 bits per heavy atom. The Balaban J connectivity index is 2.50. The molecule has 0 aliphatic carbocycles. The molecule has 0 unspecified atom stereocenters. The molecular formula is C12H8O5. The van der Waals surface area contributed by atoms with Gasteiger partial charge in [0.15, 0.2) is 0 Å². The van der Waals surface area contributed by atoms with E-state index >= 15 is 0 Å². The van der Waals surface area contributed by atoms with Crippen LogP contribution in [0.4, 0.5) is 0 Å². The highest BCUT2D eigenvalue weighted by Crippen LogP contribution is 2.30. The van der Waals surface area contributed by atoms with Crippen molar-refractivity contribution in [3.63, 3.8) is 0 Å². The molecule has 86 valence electrons. The van der Waals surface area contributed by atoms with E-state index in [1.165, 1.54) is 12.1 Å². The van der Waals surface area contributed by atoms with Crippen LogP contribution in [0.2, 0.25) is 0 Å². The molecule has 0 spiro atoms. The number of fused-ring (bicyclic) bond motifs is 1. The van der Waals surface area contributed by atoms with E-state index in [0.717, 1.165) is 6.08 Å². The highest BCUT2D eigenvalue weighted by Gasteiger charge is 2.32. The molecule has 0 saturated carbocycles. The fourth-order valence-electron chi connectivity index (χ4n) is 1.58. The number of carbonyl (C=O) groups excluding carboxylic acids is 3. The molecule has 1 aliphatic heterocycles. The van der Waals surface area contributed by atoms with Crippen LogP contribution in [0.25, 0.3) is 0 Å². The van der Waals surface area contributed by atoms with E-state index in [9.17, 15) is 14.4 Å². The van der Waals surface area contributed by atoms with Gasteiger partial charge < -0.3 is 9.47 Å². The minimum atomic E-state index is -0.723. The van der Waals surface area contributed by atoms with Crippen molar-refractivity contribution in [2.45, 2.75) is 6.92 Å². The van der Waals surface area contributed by atoms with E-state index in [2.05, 4.69) is 11.3 Å². The van der Waals surface area contributed by atoms with Crippen molar-refractivity contribution in [3.05, 3.63) is 41.5 Å². The average molecular weight is 232 g/mol. The number of ether oxygens (including phenoxy) is 2. The summed E-state index contributed by atoms with van der Waals surface area (Å²) >= 11 is 0. The Kier molecular flexibility index (Phi) is 2.51.